The number of carbonyl (C=O) groups excluding carboxylic acids is 1. The van der Waals surface area contributed by atoms with Crippen molar-refractivity contribution >= 4 is 5.97 Å². The van der Waals surface area contributed by atoms with Gasteiger partial charge in [-0.05, 0) is 26.3 Å². The summed E-state index contributed by atoms with van der Waals surface area (Å²) >= 11 is 0. The Balaban J connectivity index is 2.51. The molecule has 0 aromatic heterocycles. The van der Waals surface area contributed by atoms with Gasteiger partial charge >= 0.3 is 5.97 Å². The lowest BCUT2D eigenvalue weighted by molar-refractivity contribution is -0.149. The van der Waals surface area contributed by atoms with Gasteiger partial charge in [-0.2, -0.15) is 0 Å². The molecule has 0 bridgehead atoms. The van der Waals surface area contributed by atoms with Gasteiger partial charge in [0.05, 0.1) is 6.61 Å². The van der Waals surface area contributed by atoms with Crippen LogP contribution in [0.15, 0.2) is 30.3 Å². The van der Waals surface area contributed by atoms with E-state index in [2.05, 4.69) is 5.32 Å². The SMILES string of the molecule is CCOC(=O)C(C)(C)NCc1ccccc1. The first-order chi connectivity index (χ1) is 7.56. The van der Waals surface area contributed by atoms with Crippen molar-refractivity contribution in [3.63, 3.8) is 0 Å². The van der Waals surface area contributed by atoms with Gasteiger partial charge in [0.25, 0.3) is 0 Å². The lowest BCUT2D eigenvalue weighted by Crippen LogP contribution is -2.47. The third-order valence-corrected chi connectivity index (χ3v) is 2.36. The fraction of sp³-hybridized carbons (Fsp3) is 0.462. The van der Waals surface area contributed by atoms with Crippen LogP contribution in [0, 0.1) is 0 Å². The molecule has 3 nitrogen and oxygen atoms in total. The molecule has 0 aliphatic heterocycles. The van der Waals surface area contributed by atoms with E-state index in [-0.39, 0.29) is 5.97 Å². The molecule has 0 atom stereocenters. The number of benzene rings is 1. The Morgan fingerprint density at radius 1 is 1.31 bits per heavy atom. The standard InChI is InChI=1S/C13H19NO2/c1-4-16-12(15)13(2,3)14-10-11-8-6-5-7-9-11/h5-9,14H,4,10H2,1-3H3. The minimum Gasteiger partial charge on any atom is -0.465 e. The van der Waals surface area contributed by atoms with E-state index in [9.17, 15) is 4.79 Å². The van der Waals surface area contributed by atoms with Crippen molar-refractivity contribution in [2.24, 2.45) is 0 Å². The zero-order valence-electron chi connectivity index (χ0n) is 10.1. The average molecular weight is 221 g/mol. The Morgan fingerprint density at radius 3 is 2.50 bits per heavy atom. The van der Waals surface area contributed by atoms with Gasteiger partial charge in [-0.3, -0.25) is 10.1 Å². The van der Waals surface area contributed by atoms with E-state index in [0.29, 0.717) is 13.2 Å². The summed E-state index contributed by atoms with van der Waals surface area (Å²) in [5.74, 6) is -0.217. The van der Waals surface area contributed by atoms with Crippen LogP contribution in [0.25, 0.3) is 0 Å². The van der Waals surface area contributed by atoms with Gasteiger partial charge in [-0.1, -0.05) is 30.3 Å². The van der Waals surface area contributed by atoms with Gasteiger partial charge in [0.15, 0.2) is 0 Å². The molecule has 3 heteroatoms. The van der Waals surface area contributed by atoms with Crippen molar-refractivity contribution in [3.05, 3.63) is 35.9 Å². The number of nitrogens with one attached hydrogen (secondary N) is 1. The number of rotatable bonds is 5. The summed E-state index contributed by atoms with van der Waals surface area (Å²) in [5, 5.41) is 3.19. The number of ether oxygens (including phenoxy) is 1. The lowest BCUT2D eigenvalue weighted by Gasteiger charge is -2.23. The molecule has 0 fully saturated rings. The molecule has 0 spiro atoms. The van der Waals surface area contributed by atoms with Crippen LogP contribution in [0.4, 0.5) is 0 Å². The second-order valence-corrected chi connectivity index (χ2v) is 4.18. The summed E-state index contributed by atoms with van der Waals surface area (Å²) in [4.78, 5) is 11.6. The molecule has 1 N–H and O–H groups in total. The van der Waals surface area contributed by atoms with E-state index in [0.717, 1.165) is 5.56 Å². The molecule has 1 rings (SSSR count). The van der Waals surface area contributed by atoms with Crippen molar-refractivity contribution in [1.29, 1.82) is 0 Å². The third-order valence-electron chi connectivity index (χ3n) is 2.36. The van der Waals surface area contributed by atoms with E-state index in [1.54, 1.807) is 0 Å². The van der Waals surface area contributed by atoms with Crippen LogP contribution in [0.2, 0.25) is 0 Å². The maximum atomic E-state index is 11.6. The van der Waals surface area contributed by atoms with Crippen molar-refractivity contribution in [1.82, 2.24) is 5.32 Å². The Bertz CT molecular complexity index is 333. The van der Waals surface area contributed by atoms with Crippen LogP contribution in [-0.4, -0.2) is 18.1 Å². The highest BCUT2D eigenvalue weighted by atomic mass is 16.5. The topological polar surface area (TPSA) is 38.3 Å². The highest BCUT2D eigenvalue weighted by Gasteiger charge is 2.28. The lowest BCUT2D eigenvalue weighted by atomic mass is 10.1. The molecular weight excluding hydrogens is 202 g/mol. The molecular formula is C13H19NO2. The normalized spacial score (nSPS) is 11.2. The van der Waals surface area contributed by atoms with E-state index >= 15 is 0 Å². The van der Waals surface area contributed by atoms with Gasteiger partial charge in [0.1, 0.15) is 5.54 Å². The average Bonchev–Trinajstić information content (AvgIpc) is 2.28. The molecule has 0 heterocycles. The van der Waals surface area contributed by atoms with Crippen molar-refractivity contribution in [2.75, 3.05) is 6.61 Å². The zero-order valence-corrected chi connectivity index (χ0v) is 10.1. The smallest absolute Gasteiger partial charge is 0.325 e. The predicted molar refractivity (Wildman–Crippen MR) is 64.0 cm³/mol. The molecule has 1 aromatic carbocycles. The van der Waals surface area contributed by atoms with E-state index in [1.807, 2.05) is 51.1 Å². The van der Waals surface area contributed by atoms with Crippen LogP contribution in [0.3, 0.4) is 0 Å². The molecule has 0 aliphatic carbocycles. The van der Waals surface area contributed by atoms with Crippen molar-refractivity contribution in [2.45, 2.75) is 32.9 Å². The van der Waals surface area contributed by atoms with E-state index < -0.39 is 5.54 Å². The molecule has 16 heavy (non-hydrogen) atoms. The molecule has 88 valence electrons. The number of carbonyl (C=O) groups is 1. The summed E-state index contributed by atoms with van der Waals surface area (Å²) in [6.45, 7) is 6.54. The molecule has 0 unspecified atom stereocenters. The predicted octanol–water partition coefficient (Wildman–Crippen LogP) is 2.12. The van der Waals surface area contributed by atoms with Crippen molar-refractivity contribution in [3.8, 4) is 0 Å². The van der Waals surface area contributed by atoms with Crippen LogP contribution in [0.1, 0.15) is 26.3 Å². The minimum absolute atomic E-state index is 0.217. The maximum Gasteiger partial charge on any atom is 0.325 e. The van der Waals surface area contributed by atoms with Gasteiger partial charge < -0.3 is 4.74 Å². The van der Waals surface area contributed by atoms with Crippen LogP contribution < -0.4 is 5.32 Å². The fourth-order valence-electron chi connectivity index (χ4n) is 1.30. The fourth-order valence-corrected chi connectivity index (χ4v) is 1.30. The molecule has 1 aromatic rings. The minimum atomic E-state index is -0.647. The highest BCUT2D eigenvalue weighted by molar-refractivity contribution is 5.79. The van der Waals surface area contributed by atoms with E-state index in [4.69, 9.17) is 4.74 Å². The zero-order chi connectivity index (χ0) is 12.0. The Hall–Kier alpha value is -1.35. The second-order valence-electron chi connectivity index (χ2n) is 4.18. The first kappa shape index (κ1) is 12.7. The van der Waals surface area contributed by atoms with Crippen LogP contribution >= 0.6 is 0 Å². The Labute approximate surface area is 96.8 Å². The number of hydrogen-bond acceptors (Lipinski definition) is 3. The quantitative estimate of drug-likeness (QED) is 0.774. The summed E-state index contributed by atoms with van der Waals surface area (Å²) < 4.78 is 4.99. The van der Waals surface area contributed by atoms with Crippen molar-refractivity contribution < 1.29 is 9.53 Å². The van der Waals surface area contributed by atoms with E-state index in [1.165, 1.54) is 0 Å². The largest absolute Gasteiger partial charge is 0.465 e. The first-order valence-corrected chi connectivity index (χ1v) is 5.52. The monoisotopic (exact) mass is 221 g/mol. The Morgan fingerprint density at radius 2 is 1.94 bits per heavy atom. The summed E-state index contributed by atoms with van der Waals surface area (Å²) in [6, 6.07) is 9.98. The van der Waals surface area contributed by atoms with Crippen LogP contribution in [-0.2, 0) is 16.1 Å². The summed E-state index contributed by atoms with van der Waals surface area (Å²) in [6.07, 6.45) is 0. The molecule has 0 aliphatic rings. The maximum absolute atomic E-state index is 11.6. The summed E-state index contributed by atoms with van der Waals surface area (Å²) in [7, 11) is 0. The summed E-state index contributed by atoms with van der Waals surface area (Å²) in [5.41, 5.74) is 0.506. The number of hydrogen-bond donors (Lipinski definition) is 1. The highest BCUT2D eigenvalue weighted by Crippen LogP contribution is 2.07. The molecule has 0 saturated heterocycles. The molecule has 0 saturated carbocycles. The van der Waals surface area contributed by atoms with Crippen LogP contribution in [0.5, 0.6) is 0 Å². The second kappa shape index (κ2) is 5.66. The number of esters is 1. The van der Waals surface area contributed by atoms with Gasteiger partial charge in [-0.15, -0.1) is 0 Å². The third kappa shape index (κ3) is 3.66. The van der Waals surface area contributed by atoms with Gasteiger partial charge in [-0.25, -0.2) is 0 Å². The molecule has 0 radical (unpaired) electrons. The Kier molecular flexibility index (Phi) is 4.50. The van der Waals surface area contributed by atoms with Gasteiger partial charge in [0.2, 0.25) is 0 Å². The first-order valence-electron chi connectivity index (χ1n) is 5.52. The molecule has 0 amide bonds. The van der Waals surface area contributed by atoms with Gasteiger partial charge in [0, 0.05) is 6.54 Å².